The Morgan fingerprint density at radius 1 is 1.45 bits per heavy atom. The lowest BCUT2D eigenvalue weighted by atomic mass is 9.76. The molecular formula is C15H20N2O3. The standard InChI is InChI=1S/C15H20N2O3/c1-10(2)15(14(19)20)5-7-17(9-15)13(18)12-4-6-16-11(3)8-12/h4,6,8,10H,5,7,9H2,1-3H3,(H,19,20). The average molecular weight is 276 g/mol. The monoisotopic (exact) mass is 276 g/mol. The fourth-order valence-electron chi connectivity index (χ4n) is 2.76. The number of likely N-dealkylation sites (tertiary alicyclic amines) is 1. The van der Waals surface area contributed by atoms with Crippen LogP contribution in [0.1, 0.15) is 36.3 Å². The summed E-state index contributed by atoms with van der Waals surface area (Å²) in [6.45, 7) is 6.40. The molecule has 1 N–H and O–H groups in total. The molecule has 0 aliphatic carbocycles. The Bertz CT molecular complexity index is 542. The van der Waals surface area contributed by atoms with Gasteiger partial charge >= 0.3 is 5.97 Å². The summed E-state index contributed by atoms with van der Waals surface area (Å²) in [4.78, 5) is 29.7. The van der Waals surface area contributed by atoms with E-state index in [4.69, 9.17) is 0 Å². The number of aromatic nitrogens is 1. The number of carboxylic acid groups (broad SMARTS) is 1. The summed E-state index contributed by atoms with van der Waals surface area (Å²) in [5, 5.41) is 9.50. The Hall–Kier alpha value is -1.91. The summed E-state index contributed by atoms with van der Waals surface area (Å²) in [5.41, 5.74) is 0.531. The summed E-state index contributed by atoms with van der Waals surface area (Å²) in [5.74, 6) is -0.926. The minimum atomic E-state index is -0.822. The Morgan fingerprint density at radius 3 is 2.65 bits per heavy atom. The SMILES string of the molecule is Cc1cc(C(=O)N2CCC(C(=O)O)(C(C)C)C2)ccn1. The van der Waals surface area contributed by atoms with Crippen molar-refractivity contribution in [1.29, 1.82) is 0 Å². The summed E-state index contributed by atoms with van der Waals surface area (Å²) >= 11 is 0. The maximum atomic E-state index is 12.4. The van der Waals surface area contributed by atoms with Crippen molar-refractivity contribution in [3.8, 4) is 0 Å². The highest BCUT2D eigenvalue weighted by molar-refractivity contribution is 5.95. The van der Waals surface area contributed by atoms with Crippen LogP contribution < -0.4 is 0 Å². The lowest BCUT2D eigenvalue weighted by Gasteiger charge is -2.28. The largest absolute Gasteiger partial charge is 0.481 e. The molecule has 0 aromatic carbocycles. The zero-order valence-corrected chi connectivity index (χ0v) is 12.1. The van der Waals surface area contributed by atoms with Gasteiger partial charge in [-0.25, -0.2) is 0 Å². The van der Waals surface area contributed by atoms with Gasteiger partial charge in [0.1, 0.15) is 0 Å². The zero-order chi connectivity index (χ0) is 14.9. The molecule has 1 aliphatic rings. The van der Waals surface area contributed by atoms with E-state index in [1.54, 1.807) is 23.2 Å². The molecule has 5 heteroatoms. The van der Waals surface area contributed by atoms with E-state index in [1.165, 1.54) is 0 Å². The van der Waals surface area contributed by atoms with E-state index < -0.39 is 11.4 Å². The Labute approximate surface area is 118 Å². The third kappa shape index (κ3) is 2.40. The van der Waals surface area contributed by atoms with E-state index in [9.17, 15) is 14.7 Å². The van der Waals surface area contributed by atoms with Crippen LogP contribution in [0.2, 0.25) is 0 Å². The molecule has 1 amide bonds. The molecule has 1 unspecified atom stereocenters. The van der Waals surface area contributed by atoms with Gasteiger partial charge in [-0.2, -0.15) is 0 Å². The third-order valence-electron chi connectivity index (χ3n) is 4.26. The molecule has 0 saturated carbocycles. The zero-order valence-electron chi connectivity index (χ0n) is 12.1. The first-order chi connectivity index (χ1) is 9.36. The van der Waals surface area contributed by atoms with Crippen molar-refractivity contribution >= 4 is 11.9 Å². The van der Waals surface area contributed by atoms with E-state index in [2.05, 4.69) is 4.98 Å². The number of amides is 1. The topological polar surface area (TPSA) is 70.5 Å². The van der Waals surface area contributed by atoms with Crippen LogP contribution in [0.5, 0.6) is 0 Å². The lowest BCUT2D eigenvalue weighted by molar-refractivity contribution is -0.150. The van der Waals surface area contributed by atoms with Crippen molar-refractivity contribution < 1.29 is 14.7 Å². The highest BCUT2D eigenvalue weighted by Gasteiger charge is 2.48. The van der Waals surface area contributed by atoms with Crippen LogP contribution in [0.15, 0.2) is 18.3 Å². The van der Waals surface area contributed by atoms with Gasteiger partial charge in [0.15, 0.2) is 0 Å². The molecule has 20 heavy (non-hydrogen) atoms. The summed E-state index contributed by atoms with van der Waals surface area (Å²) in [7, 11) is 0. The minimum Gasteiger partial charge on any atom is -0.481 e. The molecule has 1 aliphatic heterocycles. The highest BCUT2D eigenvalue weighted by Crippen LogP contribution is 2.38. The molecule has 1 aromatic heterocycles. The maximum absolute atomic E-state index is 12.4. The van der Waals surface area contributed by atoms with Crippen LogP contribution in [0.25, 0.3) is 0 Å². The third-order valence-corrected chi connectivity index (χ3v) is 4.26. The number of carboxylic acids is 1. The van der Waals surface area contributed by atoms with Gasteiger partial charge in [0.05, 0.1) is 5.41 Å². The molecule has 2 rings (SSSR count). The second-order valence-electron chi connectivity index (χ2n) is 5.78. The smallest absolute Gasteiger partial charge is 0.311 e. The van der Waals surface area contributed by atoms with Crippen LogP contribution in [0.4, 0.5) is 0 Å². The number of nitrogens with zero attached hydrogens (tertiary/aromatic N) is 2. The number of hydrogen-bond donors (Lipinski definition) is 1. The normalized spacial score (nSPS) is 22.3. The second kappa shape index (κ2) is 5.23. The van der Waals surface area contributed by atoms with E-state index in [1.807, 2.05) is 20.8 Å². The first-order valence-corrected chi connectivity index (χ1v) is 6.82. The Balaban J connectivity index is 2.21. The van der Waals surface area contributed by atoms with E-state index in [-0.39, 0.29) is 18.4 Å². The summed E-state index contributed by atoms with van der Waals surface area (Å²) < 4.78 is 0. The van der Waals surface area contributed by atoms with Gasteiger partial charge in [-0.05, 0) is 31.4 Å². The number of carbonyl (C=O) groups is 2. The minimum absolute atomic E-state index is 0.00280. The molecule has 0 spiro atoms. The first kappa shape index (κ1) is 14.5. The molecule has 5 nitrogen and oxygen atoms in total. The summed E-state index contributed by atoms with van der Waals surface area (Å²) in [6, 6.07) is 3.41. The molecule has 108 valence electrons. The van der Waals surface area contributed by atoms with E-state index >= 15 is 0 Å². The fraction of sp³-hybridized carbons (Fsp3) is 0.533. The first-order valence-electron chi connectivity index (χ1n) is 6.82. The van der Waals surface area contributed by atoms with Crippen LogP contribution in [-0.2, 0) is 4.79 Å². The van der Waals surface area contributed by atoms with Crippen LogP contribution in [-0.4, -0.2) is 40.0 Å². The highest BCUT2D eigenvalue weighted by atomic mass is 16.4. The van der Waals surface area contributed by atoms with Gasteiger partial charge in [-0.15, -0.1) is 0 Å². The fourth-order valence-corrected chi connectivity index (χ4v) is 2.76. The van der Waals surface area contributed by atoms with Crippen LogP contribution in [0.3, 0.4) is 0 Å². The Kier molecular flexibility index (Phi) is 3.79. The van der Waals surface area contributed by atoms with Crippen LogP contribution >= 0.6 is 0 Å². The summed E-state index contributed by atoms with van der Waals surface area (Å²) in [6.07, 6.45) is 2.11. The second-order valence-corrected chi connectivity index (χ2v) is 5.78. The van der Waals surface area contributed by atoms with Crippen LogP contribution in [0, 0.1) is 18.3 Å². The van der Waals surface area contributed by atoms with Gasteiger partial charge in [0, 0.05) is 30.5 Å². The molecule has 2 heterocycles. The van der Waals surface area contributed by atoms with Gasteiger partial charge in [-0.3, -0.25) is 14.6 Å². The van der Waals surface area contributed by atoms with Crippen molar-refractivity contribution in [2.24, 2.45) is 11.3 Å². The molecule has 1 atom stereocenters. The van der Waals surface area contributed by atoms with Crippen molar-refractivity contribution in [2.75, 3.05) is 13.1 Å². The molecule has 0 radical (unpaired) electrons. The van der Waals surface area contributed by atoms with Crippen molar-refractivity contribution in [2.45, 2.75) is 27.2 Å². The van der Waals surface area contributed by atoms with Gasteiger partial charge in [0.25, 0.3) is 5.91 Å². The maximum Gasteiger partial charge on any atom is 0.311 e. The molecule has 1 fully saturated rings. The predicted octanol–water partition coefficient (Wildman–Crippen LogP) is 1.96. The Morgan fingerprint density at radius 2 is 2.15 bits per heavy atom. The average Bonchev–Trinajstić information content (AvgIpc) is 2.84. The quantitative estimate of drug-likeness (QED) is 0.916. The van der Waals surface area contributed by atoms with Crippen molar-refractivity contribution in [3.05, 3.63) is 29.6 Å². The van der Waals surface area contributed by atoms with Gasteiger partial charge < -0.3 is 10.0 Å². The van der Waals surface area contributed by atoms with Crippen molar-refractivity contribution in [3.63, 3.8) is 0 Å². The van der Waals surface area contributed by atoms with E-state index in [0.29, 0.717) is 18.5 Å². The molecule has 1 saturated heterocycles. The number of pyridine rings is 1. The lowest BCUT2D eigenvalue weighted by Crippen LogP contribution is -2.40. The number of rotatable bonds is 3. The van der Waals surface area contributed by atoms with Crippen molar-refractivity contribution in [1.82, 2.24) is 9.88 Å². The number of aliphatic carboxylic acids is 1. The molecule has 0 bridgehead atoms. The number of aryl methyl sites for hydroxylation is 1. The van der Waals surface area contributed by atoms with E-state index in [0.717, 1.165) is 5.69 Å². The van der Waals surface area contributed by atoms with Gasteiger partial charge in [0.2, 0.25) is 0 Å². The molecular weight excluding hydrogens is 256 g/mol. The molecule has 1 aromatic rings. The number of hydrogen-bond acceptors (Lipinski definition) is 3. The predicted molar refractivity (Wildman–Crippen MR) is 74.4 cm³/mol. The number of carbonyl (C=O) groups excluding carboxylic acids is 1. The van der Waals surface area contributed by atoms with Gasteiger partial charge in [-0.1, -0.05) is 13.8 Å².